The Hall–Kier alpha value is -3.71. The topological polar surface area (TPSA) is 89.0 Å². The van der Waals surface area contributed by atoms with Crippen LogP contribution in [0.1, 0.15) is 22.3 Å². The lowest BCUT2D eigenvalue weighted by Crippen LogP contribution is -2.39. The molecule has 4 rings (SSSR count). The molecule has 1 atom stereocenters. The van der Waals surface area contributed by atoms with Crippen molar-refractivity contribution in [2.24, 2.45) is 0 Å². The number of esters is 2. The average molecular weight is 432 g/mol. The van der Waals surface area contributed by atoms with E-state index < -0.39 is 24.1 Å². The lowest BCUT2D eigenvalue weighted by Gasteiger charge is -2.24. The van der Waals surface area contributed by atoms with Crippen molar-refractivity contribution in [1.82, 2.24) is 4.98 Å². The highest BCUT2D eigenvalue weighted by Crippen LogP contribution is 2.33. The number of para-hydroxylation sites is 1. The van der Waals surface area contributed by atoms with Crippen molar-refractivity contribution in [3.05, 3.63) is 77.5 Å². The summed E-state index contributed by atoms with van der Waals surface area (Å²) >= 11 is 0. The third-order valence-corrected chi connectivity index (χ3v) is 5.41. The van der Waals surface area contributed by atoms with Crippen LogP contribution < -0.4 is 4.90 Å². The number of aliphatic hydroxyl groups is 1. The number of carbonyl (C=O) groups excluding carboxylic acids is 2. The Bertz CT molecular complexity index is 1190. The maximum atomic E-state index is 12.5. The fourth-order valence-corrected chi connectivity index (χ4v) is 3.59. The fourth-order valence-electron chi connectivity index (χ4n) is 3.59. The van der Waals surface area contributed by atoms with Gasteiger partial charge in [-0.25, -0.2) is 9.59 Å². The van der Waals surface area contributed by atoms with Crippen molar-refractivity contribution in [1.29, 1.82) is 0 Å². The molecule has 1 aromatic heterocycles. The number of anilines is 1. The second-order valence-electron chi connectivity index (χ2n) is 8.06. The van der Waals surface area contributed by atoms with Crippen molar-refractivity contribution in [3.8, 4) is 0 Å². The van der Waals surface area contributed by atoms with Crippen LogP contribution in [0.5, 0.6) is 0 Å². The zero-order valence-electron chi connectivity index (χ0n) is 17.9. The Morgan fingerprint density at radius 1 is 1.22 bits per heavy atom. The molecule has 1 saturated heterocycles. The largest absolute Gasteiger partial charge is 0.458 e. The molecule has 2 heterocycles. The second kappa shape index (κ2) is 8.80. The molecule has 1 N–H and O–H groups in total. The minimum atomic E-state index is -1.30. The van der Waals surface area contributed by atoms with E-state index in [0.717, 1.165) is 22.2 Å². The van der Waals surface area contributed by atoms with Gasteiger partial charge in [0, 0.05) is 43.4 Å². The van der Waals surface area contributed by atoms with Gasteiger partial charge in [-0.1, -0.05) is 18.2 Å². The van der Waals surface area contributed by atoms with Crippen LogP contribution in [0.15, 0.2) is 66.4 Å². The van der Waals surface area contributed by atoms with Crippen molar-refractivity contribution in [2.75, 3.05) is 32.2 Å². The quantitative estimate of drug-likeness (QED) is 0.473. The molecule has 164 valence electrons. The Morgan fingerprint density at radius 2 is 1.97 bits per heavy atom. The molecule has 0 amide bonds. The number of nitrogens with zero attached hydrogens (tertiary/aromatic N) is 2. The first kappa shape index (κ1) is 21.5. The first-order valence-electron chi connectivity index (χ1n) is 10.2. The van der Waals surface area contributed by atoms with Crippen molar-refractivity contribution >= 4 is 34.6 Å². The van der Waals surface area contributed by atoms with E-state index in [-0.39, 0.29) is 13.0 Å². The predicted octanol–water partition coefficient (Wildman–Crippen LogP) is 3.22. The summed E-state index contributed by atoms with van der Waals surface area (Å²) in [7, 11) is 3.82. The zero-order chi connectivity index (χ0) is 22.7. The molecule has 0 saturated carbocycles. The van der Waals surface area contributed by atoms with E-state index in [0.29, 0.717) is 11.1 Å². The zero-order valence-corrected chi connectivity index (χ0v) is 17.9. The first-order valence-corrected chi connectivity index (χ1v) is 10.2. The van der Waals surface area contributed by atoms with E-state index in [2.05, 4.69) is 4.98 Å². The number of fused-ring (bicyclic) bond motifs is 1. The van der Waals surface area contributed by atoms with E-state index in [1.807, 2.05) is 61.5 Å². The summed E-state index contributed by atoms with van der Waals surface area (Å²) in [5.74, 6) is -1.09. The van der Waals surface area contributed by atoms with E-state index in [9.17, 15) is 14.7 Å². The lowest BCUT2D eigenvalue weighted by atomic mass is 9.98. The SMILES string of the molecule is CN(C)c1ccc(C(=O)OCC2(CO)C/C(=C/c3cnc4ccccc4c3)C(=O)O2)cc1. The molecule has 7 heteroatoms. The summed E-state index contributed by atoms with van der Waals surface area (Å²) in [6.07, 6.45) is 3.50. The summed E-state index contributed by atoms with van der Waals surface area (Å²) in [5, 5.41) is 10.9. The number of pyridine rings is 1. The Kier molecular flexibility index (Phi) is 5.92. The number of hydrogen-bond acceptors (Lipinski definition) is 7. The van der Waals surface area contributed by atoms with Gasteiger partial charge in [0.1, 0.15) is 6.61 Å². The van der Waals surface area contributed by atoms with Crippen LogP contribution in [0.4, 0.5) is 5.69 Å². The molecular weight excluding hydrogens is 408 g/mol. The van der Waals surface area contributed by atoms with Gasteiger partial charge in [0.2, 0.25) is 0 Å². The first-order chi connectivity index (χ1) is 15.4. The van der Waals surface area contributed by atoms with Crippen LogP contribution in [0.25, 0.3) is 17.0 Å². The molecule has 3 aromatic rings. The molecule has 1 aliphatic heterocycles. The smallest absolute Gasteiger partial charge is 0.338 e. The highest BCUT2D eigenvalue weighted by molar-refractivity contribution is 5.97. The number of aromatic nitrogens is 1. The monoisotopic (exact) mass is 432 g/mol. The van der Waals surface area contributed by atoms with Gasteiger partial charge in [-0.2, -0.15) is 0 Å². The van der Waals surface area contributed by atoms with Crippen LogP contribution >= 0.6 is 0 Å². The molecule has 0 radical (unpaired) electrons. The molecule has 7 nitrogen and oxygen atoms in total. The Morgan fingerprint density at radius 3 is 2.69 bits per heavy atom. The Labute approximate surface area is 185 Å². The summed E-state index contributed by atoms with van der Waals surface area (Å²) in [6, 6.07) is 16.6. The normalized spacial score (nSPS) is 19.2. The second-order valence-corrected chi connectivity index (χ2v) is 8.06. The minimum Gasteiger partial charge on any atom is -0.458 e. The summed E-state index contributed by atoms with van der Waals surface area (Å²) in [5.41, 5.74) is 2.04. The maximum Gasteiger partial charge on any atom is 0.338 e. The lowest BCUT2D eigenvalue weighted by molar-refractivity contribution is -0.154. The molecular formula is C25H24N2O5. The van der Waals surface area contributed by atoms with Gasteiger partial charge < -0.3 is 19.5 Å². The highest BCUT2D eigenvalue weighted by atomic mass is 16.6. The van der Waals surface area contributed by atoms with Crippen LogP contribution in [0, 0.1) is 0 Å². The molecule has 32 heavy (non-hydrogen) atoms. The molecule has 1 aliphatic rings. The standard InChI is InChI=1S/C25H24N2O5/c1-27(2)21-9-7-18(8-10-21)23(29)31-16-25(15-28)13-20(24(30)32-25)12-17-11-19-5-3-4-6-22(19)26-14-17/h3-12,14,28H,13,15-16H2,1-2H3/b20-12-. The van der Waals surface area contributed by atoms with E-state index in [1.54, 1.807) is 24.4 Å². The van der Waals surface area contributed by atoms with Gasteiger partial charge in [0.05, 0.1) is 17.7 Å². The number of rotatable bonds is 6. The predicted molar refractivity (Wildman–Crippen MR) is 121 cm³/mol. The number of cyclic esters (lactones) is 1. The summed E-state index contributed by atoms with van der Waals surface area (Å²) < 4.78 is 10.8. The van der Waals surface area contributed by atoms with Gasteiger partial charge in [-0.05, 0) is 48.0 Å². The molecule has 1 fully saturated rings. The van der Waals surface area contributed by atoms with E-state index in [4.69, 9.17) is 9.47 Å². The average Bonchev–Trinajstić information content (AvgIpc) is 3.13. The number of aliphatic hydroxyl groups excluding tert-OH is 1. The van der Waals surface area contributed by atoms with Crippen molar-refractivity contribution < 1.29 is 24.2 Å². The van der Waals surface area contributed by atoms with Crippen LogP contribution in [0.3, 0.4) is 0 Å². The number of hydrogen-bond donors (Lipinski definition) is 1. The van der Waals surface area contributed by atoms with Crippen LogP contribution in [-0.4, -0.2) is 54.9 Å². The molecule has 0 aliphatic carbocycles. The van der Waals surface area contributed by atoms with E-state index >= 15 is 0 Å². The highest BCUT2D eigenvalue weighted by Gasteiger charge is 2.44. The van der Waals surface area contributed by atoms with Crippen molar-refractivity contribution in [2.45, 2.75) is 12.0 Å². The van der Waals surface area contributed by atoms with Gasteiger partial charge in [0.25, 0.3) is 0 Å². The molecule has 2 aromatic carbocycles. The fraction of sp³-hybridized carbons (Fsp3) is 0.240. The number of carbonyl (C=O) groups is 2. The number of benzene rings is 2. The maximum absolute atomic E-state index is 12.5. The van der Waals surface area contributed by atoms with Gasteiger partial charge in [0.15, 0.2) is 5.60 Å². The summed E-state index contributed by atoms with van der Waals surface area (Å²) in [4.78, 5) is 31.2. The molecule has 0 spiro atoms. The summed E-state index contributed by atoms with van der Waals surface area (Å²) in [6.45, 7) is -0.699. The third kappa shape index (κ3) is 4.48. The third-order valence-electron chi connectivity index (χ3n) is 5.41. The Balaban J connectivity index is 1.46. The van der Waals surface area contributed by atoms with Gasteiger partial charge in [-0.15, -0.1) is 0 Å². The van der Waals surface area contributed by atoms with Gasteiger partial charge >= 0.3 is 11.9 Å². The molecule has 0 bridgehead atoms. The van der Waals surface area contributed by atoms with Crippen LogP contribution in [-0.2, 0) is 14.3 Å². The van der Waals surface area contributed by atoms with Crippen LogP contribution in [0.2, 0.25) is 0 Å². The van der Waals surface area contributed by atoms with E-state index in [1.165, 1.54) is 0 Å². The van der Waals surface area contributed by atoms with Gasteiger partial charge in [-0.3, -0.25) is 4.98 Å². The minimum absolute atomic E-state index is 0.127. The number of ether oxygens (including phenoxy) is 2. The van der Waals surface area contributed by atoms with Crippen molar-refractivity contribution in [3.63, 3.8) is 0 Å². The molecule has 1 unspecified atom stereocenters.